The molecule has 4 heteroatoms. The normalized spacial score (nSPS) is 12.9. The van der Waals surface area contributed by atoms with Crippen LogP contribution in [0.4, 0.5) is 4.79 Å². The van der Waals surface area contributed by atoms with Crippen molar-refractivity contribution in [2.75, 3.05) is 6.61 Å². The zero-order valence-corrected chi connectivity index (χ0v) is 13.7. The third-order valence-electron chi connectivity index (χ3n) is 3.29. The van der Waals surface area contributed by atoms with Gasteiger partial charge >= 0.3 is 6.09 Å². The van der Waals surface area contributed by atoms with Crippen molar-refractivity contribution in [1.82, 2.24) is 5.32 Å². The highest BCUT2D eigenvalue weighted by atomic mass is 16.6. The van der Waals surface area contributed by atoms with Crippen molar-refractivity contribution in [3.8, 4) is 0 Å². The van der Waals surface area contributed by atoms with Crippen molar-refractivity contribution < 1.29 is 14.6 Å². The molecule has 0 aliphatic rings. The molecule has 0 aliphatic heterocycles. The molecular formula is C17H27NO3. The van der Waals surface area contributed by atoms with Crippen LogP contribution in [0, 0.1) is 13.8 Å². The lowest BCUT2D eigenvalue weighted by Gasteiger charge is -2.22. The van der Waals surface area contributed by atoms with Crippen molar-refractivity contribution >= 4 is 6.09 Å². The maximum atomic E-state index is 11.7. The van der Waals surface area contributed by atoms with Gasteiger partial charge in [0.1, 0.15) is 5.60 Å². The summed E-state index contributed by atoms with van der Waals surface area (Å²) in [6, 6.07) is 6.04. The van der Waals surface area contributed by atoms with Gasteiger partial charge in [-0.15, -0.1) is 0 Å². The maximum Gasteiger partial charge on any atom is 0.407 e. The highest BCUT2D eigenvalue weighted by Gasteiger charge is 2.19. The van der Waals surface area contributed by atoms with Crippen LogP contribution in [0.1, 0.15) is 43.9 Å². The molecule has 21 heavy (non-hydrogen) atoms. The Hall–Kier alpha value is -1.55. The van der Waals surface area contributed by atoms with Crippen molar-refractivity contribution in [2.24, 2.45) is 0 Å². The van der Waals surface area contributed by atoms with E-state index < -0.39 is 11.7 Å². The van der Waals surface area contributed by atoms with Crippen molar-refractivity contribution in [3.05, 3.63) is 34.9 Å². The first-order chi connectivity index (χ1) is 9.71. The van der Waals surface area contributed by atoms with Crippen LogP contribution in [-0.2, 0) is 11.2 Å². The Morgan fingerprint density at radius 1 is 1.29 bits per heavy atom. The minimum Gasteiger partial charge on any atom is -0.444 e. The van der Waals surface area contributed by atoms with E-state index in [0.717, 1.165) is 6.42 Å². The fraction of sp³-hybridized carbons (Fsp3) is 0.588. The van der Waals surface area contributed by atoms with Gasteiger partial charge in [0, 0.05) is 0 Å². The Morgan fingerprint density at radius 3 is 2.48 bits per heavy atom. The van der Waals surface area contributed by atoms with Gasteiger partial charge in [-0.25, -0.2) is 4.79 Å². The largest absolute Gasteiger partial charge is 0.444 e. The topological polar surface area (TPSA) is 58.6 Å². The Morgan fingerprint density at radius 2 is 1.95 bits per heavy atom. The van der Waals surface area contributed by atoms with Crippen LogP contribution in [0.15, 0.2) is 18.2 Å². The molecule has 0 aromatic heterocycles. The van der Waals surface area contributed by atoms with Gasteiger partial charge in [0.15, 0.2) is 0 Å². The van der Waals surface area contributed by atoms with Crippen molar-refractivity contribution in [1.29, 1.82) is 0 Å². The minimum absolute atomic E-state index is 0.0932. The Balaban J connectivity index is 2.50. The SMILES string of the molecule is Cc1ccc(CCC(CO)NC(=O)OC(C)(C)C)cc1C. The molecule has 0 aliphatic carbocycles. The lowest BCUT2D eigenvalue weighted by Crippen LogP contribution is -2.41. The summed E-state index contributed by atoms with van der Waals surface area (Å²) in [5.41, 5.74) is 3.21. The van der Waals surface area contributed by atoms with Gasteiger partial charge in [0.05, 0.1) is 12.6 Å². The molecule has 118 valence electrons. The molecule has 1 atom stereocenters. The predicted molar refractivity (Wildman–Crippen MR) is 84.5 cm³/mol. The number of aliphatic hydroxyl groups excluding tert-OH is 1. The summed E-state index contributed by atoms with van der Waals surface area (Å²) in [4.78, 5) is 11.7. The molecule has 4 nitrogen and oxygen atoms in total. The van der Waals surface area contributed by atoms with Crippen LogP contribution in [0.5, 0.6) is 0 Å². The molecular weight excluding hydrogens is 266 g/mol. The summed E-state index contributed by atoms with van der Waals surface area (Å²) in [5.74, 6) is 0. The van der Waals surface area contributed by atoms with Gasteiger partial charge in [-0.05, 0) is 64.2 Å². The summed E-state index contributed by atoms with van der Waals surface area (Å²) in [6.07, 6.45) is 1.00. The first-order valence-corrected chi connectivity index (χ1v) is 7.38. The molecule has 0 fully saturated rings. The molecule has 0 bridgehead atoms. The van der Waals surface area contributed by atoms with Gasteiger partial charge in [0.25, 0.3) is 0 Å². The molecule has 1 unspecified atom stereocenters. The highest BCUT2D eigenvalue weighted by molar-refractivity contribution is 5.68. The number of aryl methyl sites for hydroxylation is 3. The molecule has 0 heterocycles. The Bertz CT molecular complexity index is 477. The second kappa shape index (κ2) is 7.46. The molecule has 1 rings (SSSR count). The number of hydrogen-bond acceptors (Lipinski definition) is 3. The Kier molecular flexibility index (Phi) is 6.21. The van der Waals surface area contributed by atoms with Crippen molar-refractivity contribution in [3.63, 3.8) is 0 Å². The summed E-state index contributed by atoms with van der Waals surface area (Å²) < 4.78 is 5.20. The lowest BCUT2D eigenvalue weighted by molar-refractivity contribution is 0.0479. The van der Waals surface area contributed by atoms with Crippen LogP contribution >= 0.6 is 0 Å². The minimum atomic E-state index is -0.530. The second-order valence-electron chi connectivity index (χ2n) is 6.48. The van der Waals surface area contributed by atoms with Gasteiger partial charge in [-0.1, -0.05) is 18.2 Å². The number of nitrogens with one attached hydrogen (secondary N) is 1. The molecule has 0 radical (unpaired) electrons. The molecule has 1 amide bonds. The number of carbonyl (C=O) groups excluding carboxylic acids is 1. The number of benzene rings is 1. The van der Waals surface area contributed by atoms with E-state index >= 15 is 0 Å². The van der Waals surface area contributed by atoms with Gasteiger partial charge in [-0.2, -0.15) is 0 Å². The summed E-state index contributed by atoms with van der Waals surface area (Å²) in [5, 5.41) is 12.1. The third kappa shape index (κ3) is 6.63. The maximum absolute atomic E-state index is 11.7. The number of rotatable bonds is 5. The summed E-state index contributed by atoms with van der Waals surface area (Å²) in [6.45, 7) is 9.52. The van der Waals surface area contributed by atoms with E-state index in [9.17, 15) is 9.90 Å². The molecule has 0 saturated carbocycles. The number of ether oxygens (including phenoxy) is 1. The fourth-order valence-electron chi connectivity index (χ4n) is 1.98. The molecule has 1 aromatic carbocycles. The number of hydrogen-bond donors (Lipinski definition) is 2. The van der Waals surface area contributed by atoms with Crippen LogP contribution in [0.2, 0.25) is 0 Å². The van der Waals surface area contributed by atoms with E-state index in [1.807, 2.05) is 20.8 Å². The first-order valence-electron chi connectivity index (χ1n) is 7.38. The Labute approximate surface area is 127 Å². The van der Waals surface area contributed by atoms with Crippen LogP contribution in [0.3, 0.4) is 0 Å². The standard InChI is InChI=1S/C17H27NO3/c1-12-6-7-14(10-13(12)2)8-9-15(11-19)18-16(20)21-17(3,4)5/h6-7,10,15,19H,8-9,11H2,1-5H3,(H,18,20). The quantitative estimate of drug-likeness (QED) is 0.877. The predicted octanol–water partition coefficient (Wildman–Crippen LogP) is 3.12. The number of carbonyl (C=O) groups is 1. The summed E-state index contributed by atoms with van der Waals surface area (Å²) in [7, 11) is 0. The lowest BCUT2D eigenvalue weighted by atomic mass is 10.0. The van der Waals surface area contributed by atoms with Crippen LogP contribution in [-0.4, -0.2) is 29.4 Å². The fourth-order valence-corrected chi connectivity index (χ4v) is 1.98. The third-order valence-corrected chi connectivity index (χ3v) is 3.29. The molecule has 0 spiro atoms. The van der Waals surface area contributed by atoms with Crippen molar-refractivity contribution in [2.45, 2.75) is 59.1 Å². The second-order valence-corrected chi connectivity index (χ2v) is 6.48. The first kappa shape index (κ1) is 17.5. The smallest absolute Gasteiger partial charge is 0.407 e. The molecule has 2 N–H and O–H groups in total. The average molecular weight is 293 g/mol. The summed E-state index contributed by atoms with van der Waals surface area (Å²) >= 11 is 0. The van der Waals surface area contributed by atoms with Crippen LogP contribution < -0.4 is 5.32 Å². The number of aliphatic hydroxyl groups is 1. The van der Waals surface area contributed by atoms with Crippen LogP contribution in [0.25, 0.3) is 0 Å². The number of alkyl carbamates (subject to hydrolysis) is 1. The van der Waals surface area contributed by atoms with E-state index in [-0.39, 0.29) is 12.6 Å². The highest BCUT2D eigenvalue weighted by Crippen LogP contribution is 2.13. The number of amides is 1. The average Bonchev–Trinajstić information content (AvgIpc) is 2.36. The van der Waals surface area contributed by atoms with E-state index in [0.29, 0.717) is 6.42 Å². The van der Waals surface area contributed by atoms with E-state index in [1.165, 1.54) is 16.7 Å². The van der Waals surface area contributed by atoms with E-state index in [1.54, 1.807) is 0 Å². The van der Waals surface area contributed by atoms with E-state index in [4.69, 9.17) is 4.74 Å². The van der Waals surface area contributed by atoms with E-state index in [2.05, 4.69) is 37.4 Å². The van der Waals surface area contributed by atoms with Gasteiger partial charge < -0.3 is 15.2 Å². The molecule has 0 saturated heterocycles. The monoisotopic (exact) mass is 293 g/mol. The van der Waals surface area contributed by atoms with Gasteiger partial charge in [-0.3, -0.25) is 0 Å². The zero-order valence-electron chi connectivity index (χ0n) is 13.7. The molecule has 1 aromatic rings. The zero-order chi connectivity index (χ0) is 16.0. The van der Waals surface area contributed by atoms with Gasteiger partial charge in [0.2, 0.25) is 0 Å².